The second-order valence-electron chi connectivity index (χ2n) is 23.7. The number of ether oxygens (including phenoxy) is 2. The fourth-order valence-electron chi connectivity index (χ4n) is 10.6. The molecule has 2 unspecified atom stereocenters. The van der Waals surface area contributed by atoms with Crippen molar-refractivity contribution in [3.8, 4) is 0 Å². The first-order valence-corrected chi connectivity index (χ1v) is 36.6. The van der Waals surface area contributed by atoms with Crippen LogP contribution in [0.25, 0.3) is 0 Å². The molecule has 0 saturated carbocycles. The number of carbonyl (C=O) groups excluding carboxylic acids is 2. The minimum atomic E-state index is -4.39. The molecule has 0 aliphatic heterocycles. The zero-order chi connectivity index (χ0) is 58.7. The average molecular weight is 1160 g/mol. The number of rotatable bonds is 67. The van der Waals surface area contributed by atoms with E-state index in [1.54, 1.807) is 0 Å². The van der Waals surface area contributed by atoms with Crippen molar-refractivity contribution in [3.63, 3.8) is 0 Å². The fraction of sp³-hybridized carbons (Fsp3) is 0.859. The number of hydrogen-bond donors (Lipinski definition) is 2. The monoisotopic (exact) mass is 1160 g/mol. The van der Waals surface area contributed by atoms with Gasteiger partial charge in [0, 0.05) is 19.4 Å². The smallest absolute Gasteiger partial charge is 0.462 e. The number of allylic oxidation sites excluding steroid dienone is 8. The van der Waals surface area contributed by atoms with Crippen LogP contribution < -0.4 is 5.73 Å². The maximum Gasteiger partial charge on any atom is 0.472 e. The van der Waals surface area contributed by atoms with Gasteiger partial charge in [0.2, 0.25) is 0 Å². The second kappa shape index (κ2) is 67.1. The zero-order valence-corrected chi connectivity index (χ0v) is 54.4. The van der Waals surface area contributed by atoms with Crippen molar-refractivity contribution in [2.75, 3.05) is 26.4 Å². The van der Waals surface area contributed by atoms with Gasteiger partial charge < -0.3 is 20.1 Å². The maximum absolute atomic E-state index is 12.7. The molecule has 9 nitrogen and oxygen atoms in total. The molecule has 0 aromatic rings. The lowest BCUT2D eigenvalue weighted by Crippen LogP contribution is -2.29. The molecule has 0 amide bonds. The molecule has 476 valence electrons. The van der Waals surface area contributed by atoms with Gasteiger partial charge >= 0.3 is 19.8 Å². The van der Waals surface area contributed by atoms with Crippen LogP contribution in [0.4, 0.5) is 0 Å². The number of esters is 2. The van der Waals surface area contributed by atoms with Gasteiger partial charge in [0.25, 0.3) is 0 Å². The van der Waals surface area contributed by atoms with Gasteiger partial charge in [-0.1, -0.05) is 345 Å². The van der Waals surface area contributed by atoms with Crippen molar-refractivity contribution in [1.29, 1.82) is 0 Å². The minimum absolute atomic E-state index is 0.0506. The summed E-state index contributed by atoms with van der Waals surface area (Å²) in [5, 5.41) is 0. The van der Waals surface area contributed by atoms with Gasteiger partial charge in [0.1, 0.15) is 6.61 Å². The Hall–Kier alpha value is -2.03. The normalized spacial score (nSPS) is 13.2. The Bertz CT molecular complexity index is 1470. The van der Waals surface area contributed by atoms with Gasteiger partial charge in [0.15, 0.2) is 6.10 Å². The van der Waals surface area contributed by atoms with E-state index < -0.39 is 26.5 Å². The summed E-state index contributed by atoms with van der Waals surface area (Å²) in [5.74, 6) is -0.830. The van der Waals surface area contributed by atoms with E-state index in [0.29, 0.717) is 6.42 Å². The number of unbranched alkanes of at least 4 members (excludes halogenated alkanes) is 46. The Balaban J connectivity index is 3.72. The third-order valence-corrected chi connectivity index (χ3v) is 16.7. The van der Waals surface area contributed by atoms with Gasteiger partial charge in [-0.3, -0.25) is 18.6 Å². The summed E-state index contributed by atoms with van der Waals surface area (Å²) in [6.07, 6.45) is 85.3. The lowest BCUT2D eigenvalue weighted by molar-refractivity contribution is -0.161. The van der Waals surface area contributed by atoms with Crippen LogP contribution in [0.3, 0.4) is 0 Å². The summed E-state index contributed by atoms with van der Waals surface area (Å²) in [5.41, 5.74) is 5.39. The molecule has 0 rings (SSSR count). The summed E-state index contributed by atoms with van der Waals surface area (Å²) in [6.45, 7) is 3.67. The lowest BCUT2D eigenvalue weighted by Gasteiger charge is -2.19. The predicted octanol–water partition coefficient (Wildman–Crippen LogP) is 22.9. The van der Waals surface area contributed by atoms with Crippen LogP contribution in [0.2, 0.25) is 0 Å². The molecule has 0 bridgehead atoms. The Morgan fingerprint density at radius 3 is 1.01 bits per heavy atom. The standard InChI is InChI=1S/C71H134NO8P/c1-3-5-7-9-11-13-15-17-19-21-23-24-25-26-27-28-29-30-31-32-33-34-35-36-37-38-39-40-41-42-43-44-46-47-49-51-53-55-57-59-61-63-70(73)77-67-69(68-79-81(75,76)78-66-65-72)80-71(74)64-62-60-58-56-54-52-50-48-45-22-20-18-16-14-12-10-8-6-4-2/h6,8,12,14,18,20,45,48,69H,3-5,7,9-11,13,15-17,19,21-44,46-47,49-68,72H2,1-2H3,(H,75,76)/b8-6-,14-12-,20-18-,48-45-. The quantitative estimate of drug-likeness (QED) is 0.0264. The van der Waals surface area contributed by atoms with Gasteiger partial charge in [-0.15, -0.1) is 0 Å². The zero-order valence-electron chi connectivity index (χ0n) is 53.5. The van der Waals surface area contributed by atoms with E-state index in [-0.39, 0.29) is 38.6 Å². The van der Waals surface area contributed by atoms with Crippen molar-refractivity contribution in [2.24, 2.45) is 5.73 Å². The number of phosphoric acid groups is 1. The molecule has 0 spiro atoms. The molecule has 0 aromatic carbocycles. The van der Waals surface area contributed by atoms with Gasteiger partial charge in [0.05, 0.1) is 13.2 Å². The van der Waals surface area contributed by atoms with Crippen LogP contribution in [-0.2, 0) is 32.7 Å². The third-order valence-electron chi connectivity index (χ3n) is 15.7. The van der Waals surface area contributed by atoms with E-state index in [1.807, 2.05) is 0 Å². The molecular formula is C71H134NO8P. The summed E-state index contributed by atoms with van der Waals surface area (Å²) >= 11 is 0. The van der Waals surface area contributed by atoms with E-state index in [1.165, 1.54) is 244 Å². The van der Waals surface area contributed by atoms with E-state index in [4.69, 9.17) is 24.3 Å². The van der Waals surface area contributed by atoms with Crippen molar-refractivity contribution in [3.05, 3.63) is 48.6 Å². The third kappa shape index (κ3) is 67.0. The molecule has 0 saturated heterocycles. The minimum Gasteiger partial charge on any atom is -0.462 e. The number of carbonyl (C=O) groups is 2. The topological polar surface area (TPSA) is 134 Å². The largest absolute Gasteiger partial charge is 0.472 e. The Morgan fingerprint density at radius 1 is 0.383 bits per heavy atom. The first-order chi connectivity index (χ1) is 39.8. The Kier molecular flexibility index (Phi) is 65.4. The first kappa shape index (κ1) is 79.0. The molecule has 0 fully saturated rings. The molecule has 0 aliphatic carbocycles. The van der Waals surface area contributed by atoms with Crippen LogP contribution in [0.15, 0.2) is 48.6 Å². The highest BCUT2D eigenvalue weighted by Crippen LogP contribution is 2.43. The van der Waals surface area contributed by atoms with Crippen LogP contribution in [-0.4, -0.2) is 49.3 Å². The highest BCUT2D eigenvalue weighted by atomic mass is 31.2. The SMILES string of the molecule is CC/C=C\C/C=C\C/C=C\C/C=C\CCCCCCCCC(=O)OC(COC(=O)CCCCCCCCCCCCCCCCCCCCCCCCCCCCCCCCCCCCCCCCCCC)COP(=O)(O)OCCN. The maximum atomic E-state index is 12.7. The lowest BCUT2D eigenvalue weighted by atomic mass is 10.0. The summed E-state index contributed by atoms with van der Waals surface area (Å²) in [7, 11) is -4.39. The predicted molar refractivity (Wildman–Crippen MR) is 349 cm³/mol. The van der Waals surface area contributed by atoms with E-state index in [2.05, 4.69) is 62.5 Å². The number of phosphoric ester groups is 1. The summed E-state index contributed by atoms with van der Waals surface area (Å²) < 4.78 is 33.1. The van der Waals surface area contributed by atoms with Gasteiger partial charge in [-0.25, -0.2) is 4.57 Å². The summed E-state index contributed by atoms with van der Waals surface area (Å²) in [4.78, 5) is 35.3. The Morgan fingerprint density at radius 2 is 0.679 bits per heavy atom. The summed E-state index contributed by atoms with van der Waals surface area (Å²) in [6, 6.07) is 0. The number of nitrogens with two attached hydrogens (primary N) is 1. The molecule has 2 atom stereocenters. The molecule has 10 heteroatoms. The van der Waals surface area contributed by atoms with Gasteiger partial charge in [-0.2, -0.15) is 0 Å². The molecule has 0 radical (unpaired) electrons. The molecular weight excluding hydrogens is 1030 g/mol. The van der Waals surface area contributed by atoms with Crippen molar-refractivity contribution in [2.45, 2.75) is 367 Å². The van der Waals surface area contributed by atoms with Crippen LogP contribution in [0, 0.1) is 0 Å². The van der Waals surface area contributed by atoms with Crippen molar-refractivity contribution in [1.82, 2.24) is 0 Å². The first-order valence-electron chi connectivity index (χ1n) is 35.1. The van der Waals surface area contributed by atoms with Crippen LogP contribution in [0.5, 0.6) is 0 Å². The highest BCUT2D eigenvalue weighted by molar-refractivity contribution is 7.47. The van der Waals surface area contributed by atoms with Crippen LogP contribution in [0.1, 0.15) is 361 Å². The molecule has 0 aromatic heterocycles. The number of hydrogen-bond acceptors (Lipinski definition) is 8. The van der Waals surface area contributed by atoms with Gasteiger partial charge in [-0.05, 0) is 51.4 Å². The molecule has 3 N–H and O–H groups in total. The second-order valence-corrected chi connectivity index (χ2v) is 25.2. The van der Waals surface area contributed by atoms with Crippen molar-refractivity contribution < 1.29 is 37.6 Å². The van der Waals surface area contributed by atoms with E-state index in [0.717, 1.165) is 83.5 Å². The average Bonchev–Trinajstić information content (AvgIpc) is 3.46. The molecule has 0 heterocycles. The fourth-order valence-corrected chi connectivity index (χ4v) is 11.3. The highest BCUT2D eigenvalue weighted by Gasteiger charge is 2.26. The molecule has 81 heavy (non-hydrogen) atoms. The van der Waals surface area contributed by atoms with E-state index >= 15 is 0 Å². The Labute approximate surface area is 502 Å². The van der Waals surface area contributed by atoms with Crippen LogP contribution >= 0.6 is 7.82 Å². The molecule has 0 aliphatic rings. The van der Waals surface area contributed by atoms with E-state index in [9.17, 15) is 19.0 Å². The van der Waals surface area contributed by atoms with Crippen molar-refractivity contribution >= 4 is 19.8 Å².